The molecule has 2 rings (SSSR count). The molecule has 2 N–H and O–H groups in total. The summed E-state index contributed by atoms with van der Waals surface area (Å²) in [5, 5.41) is 5.41. The smallest absolute Gasteiger partial charge is 0.313 e. The minimum absolute atomic E-state index is 0.100. The van der Waals surface area contributed by atoms with Gasteiger partial charge in [-0.1, -0.05) is 19.4 Å². The highest BCUT2D eigenvalue weighted by Crippen LogP contribution is 2.26. The number of carbonyl (C=O) groups excluding carboxylic acids is 2. The van der Waals surface area contributed by atoms with E-state index in [-0.39, 0.29) is 6.04 Å². The predicted octanol–water partition coefficient (Wildman–Crippen LogP) is 2.25. The molecule has 0 radical (unpaired) electrons. The third-order valence-electron chi connectivity index (χ3n) is 3.99. The van der Waals surface area contributed by atoms with Crippen LogP contribution in [-0.2, 0) is 9.59 Å². The van der Waals surface area contributed by atoms with Crippen molar-refractivity contribution in [2.75, 3.05) is 12.4 Å². The van der Waals surface area contributed by atoms with Gasteiger partial charge in [0.2, 0.25) is 0 Å². The van der Waals surface area contributed by atoms with E-state index in [0.29, 0.717) is 17.4 Å². The number of hydrogen-bond donors (Lipinski definition) is 2. The standard InChI is InChI=1S/C16H22N2O3/c1-10-7-8-13(14(9-10)21-3)18-16(20)15(19)17-12-6-4-5-11(12)2/h7-9,11-12H,4-6H2,1-3H3,(H,17,19)(H,18,20)/t11-,12+/m0/s1. The van der Waals surface area contributed by atoms with Gasteiger partial charge >= 0.3 is 11.8 Å². The number of hydrogen-bond acceptors (Lipinski definition) is 3. The van der Waals surface area contributed by atoms with Crippen LogP contribution in [-0.4, -0.2) is 25.0 Å². The lowest BCUT2D eigenvalue weighted by Gasteiger charge is -2.17. The van der Waals surface area contributed by atoms with E-state index in [2.05, 4.69) is 17.6 Å². The fraction of sp³-hybridized carbons (Fsp3) is 0.500. The maximum Gasteiger partial charge on any atom is 0.313 e. The summed E-state index contributed by atoms with van der Waals surface area (Å²) in [7, 11) is 1.53. The van der Waals surface area contributed by atoms with Crippen molar-refractivity contribution in [2.45, 2.75) is 39.2 Å². The van der Waals surface area contributed by atoms with Crippen molar-refractivity contribution in [3.8, 4) is 5.75 Å². The Hall–Kier alpha value is -2.04. The van der Waals surface area contributed by atoms with E-state index < -0.39 is 11.8 Å². The van der Waals surface area contributed by atoms with Crippen LogP contribution in [0.1, 0.15) is 31.7 Å². The van der Waals surface area contributed by atoms with Gasteiger partial charge in [-0.25, -0.2) is 0 Å². The van der Waals surface area contributed by atoms with E-state index in [1.807, 2.05) is 19.1 Å². The summed E-state index contributed by atoms with van der Waals surface area (Å²) in [6.07, 6.45) is 3.13. The molecule has 0 aromatic heterocycles. The summed E-state index contributed by atoms with van der Waals surface area (Å²) in [6, 6.07) is 5.50. The van der Waals surface area contributed by atoms with Crippen LogP contribution in [0.15, 0.2) is 18.2 Å². The zero-order chi connectivity index (χ0) is 15.4. The van der Waals surface area contributed by atoms with Crippen molar-refractivity contribution in [1.29, 1.82) is 0 Å². The lowest BCUT2D eigenvalue weighted by atomic mass is 10.1. The van der Waals surface area contributed by atoms with Crippen molar-refractivity contribution in [3.63, 3.8) is 0 Å². The Balaban J connectivity index is 1.99. The monoisotopic (exact) mass is 290 g/mol. The maximum absolute atomic E-state index is 12.0. The molecule has 1 saturated carbocycles. The molecule has 1 aliphatic carbocycles. The van der Waals surface area contributed by atoms with Gasteiger partial charge in [-0.2, -0.15) is 0 Å². The second-order valence-electron chi connectivity index (χ2n) is 5.65. The van der Waals surface area contributed by atoms with Crippen molar-refractivity contribution in [2.24, 2.45) is 5.92 Å². The number of carbonyl (C=O) groups is 2. The highest BCUT2D eigenvalue weighted by atomic mass is 16.5. The third kappa shape index (κ3) is 3.74. The summed E-state index contributed by atoms with van der Waals surface area (Å²) in [4.78, 5) is 23.9. The Morgan fingerprint density at radius 2 is 2.00 bits per heavy atom. The Morgan fingerprint density at radius 1 is 1.24 bits per heavy atom. The molecule has 21 heavy (non-hydrogen) atoms. The number of amides is 2. The van der Waals surface area contributed by atoms with Crippen molar-refractivity contribution in [3.05, 3.63) is 23.8 Å². The van der Waals surface area contributed by atoms with Gasteiger partial charge in [-0.3, -0.25) is 9.59 Å². The van der Waals surface area contributed by atoms with Gasteiger partial charge in [0.15, 0.2) is 0 Å². The van der Waals surface area contributed by atoms with Crippen LogP contribution < -0.4 is 15.4 Å². The number of methoxy groups -OCH3 is 1. The Bertz CT molecular complexity index is 542. The molecule has 1 aromatic rings. The molecule has 2 amide bonds. The Morgan fingerprint density at radius 3 is 2.62 bits per heavy atom. The van der Waals surface area contributed by atoms with Gasteiger partial charge in [-0.05, 0) is 43.4 Å². The van der Waals surface area contributed by atoms with Crippen LogP contribution in [0.25, 0.3) is 0 Å². The minimum atomic E-state index is -0.656. The number of aryl methyl sites for hydroxylation is 1. The first kappa shape index (κ1) is 15.4. The van der Waals surface area contributed by atoms with Gasteiger partial charge in [0.05, 0.1) is 12.8 Å². The second kappa shape index (κ2) is 6.61. The van der Waals surface area contributed by atoms with Crippen LogP contribution in [0.3, 0.4) is 0 Å². The first-order valence-corrected chi connectivity index (χ1v) is 7.27. The fourth-order valence-corrected chi connectivity index (χ4v) is 2.67. The number of nitrogens with one attached hydrogen (secondary N) is 2. The van der Waals surface area contributed by atoms with Crippen molar-refractivity contribution < 1.29 is 14.3 Å². The minimum Gasteiger partial charge on any atom is -0.495 e. The average molecular weight is 290 g/mol. The summed E-state index contributed by atoms with van der Waals surface area (Å²) in [5.41, 5.74) is 1.52. The highest BCUT2D eigenvalue weighted by Gasteiger charge is 2.27. The normalized spacial score (nSPS) is 20.9. The summed E-state index contributed by atoms with van der Waals surface area (Å²) in [6.45, 7) is 4.03. The van der Waals surface area contributed by atoms with E-state index in [4.69, 9.17) is 4.74 Å². The fourth-order valence-electron chi connectivity index (χ4n) is 2.67. The molecule has 0 bridgehead atoms. The summed E-state index contributed by atoms with van der Waals surface area (Å²) in [5.74, 6) is -0.270. The molecule has 1 fully saturated rings. The average Bonchev–Trinajstić information content (AvgIpc) is 2.86. The zero-order valence-corrected chi connectivity index (χ0v) is 12.7. The van der Waals surface area contributed by atoms with Crippen molar-refractivity contribution >= 4 is 17.5 Å². The molecule has 114 valence electrons. The summed E-state index contributed by atoms with van der Waals surface area (Å²) < 4.78 is 5.21. The molecule has 2 atom stereocenters. The highest BCUT2D eigenvalue weighted by molar-refractivity contribution is 6.39. The van der Waals surface area contributed by atoms with Crippen LogP contribution in [0, 0.1) is 12.8 Å². The van der Waals surface area contributed by atoms with Gasteiger partial charge in [0, 0.05) is 6.04 Å². The van der Waals surface area contributed by atoms with E-state index in [1.165, 1.54) is 7.11 Å². The SMILES string of the molecule is COc1cc(C)ccc1NC(=O)C(=O)N[C@@H]1CCC[C@@H]1C. The first-order valence-electron chi connectivity index (χ1n) is 7.27. The zero-order valence-electron chi connectivity index (χ0n) is 12.7. The molecular weight excluding hydrogens is 268 g/mol. The van der Waals surface area contributed by atoms with Gasteiger partial charge in [-0.15, -0.1) is 0 Å². The van der Waals surface area contributed by atoms with Gasteiger partial charge in [0.1, 0.15) is 5.75 Å². The molecule has 5 heteroatoms. The second-order valence-corrected chi connectivity index (χ2v) is 5.65. The quantitative estimate of drug-likeness (QED) is 0.839. The molecule has 0 aliphatic heterocycles. The van der Waals surface area contributed by atoms with Crippen molar-refractivity contribution in [1.82, 2.24) is 5.32 Å². The molecular formula is C16H22N2O3. The van der Waals surface area contributed by atoms with Crippen LogP contribution in [0.5, 0.6) is 5.75 Å². The molecule has 0 heterocycles. The largest absolute Gasteiger partial charge is 0.495 e. The lowest BCUT2D eigenvalue weighted by molar-refractivity contribution is -0.136. The molecule has 1 aliphatic rings. The van der Waals surface area contributed by atoms with Gasteiger partial charge in [0.25, 0.3) is 0 Å². The summed E-state index contributed by atoms with van der Waals surface area (Å²) >= 11 is 0. The number of ether oxygens (including phenoxy) is 1. The van der Waals surface area contributed by atoms with E-state index >= 15 is 0 Å². The molecule has 0 unspecified atom stereocenters. The first-order chi connectivity index (χ1) is 10.0. The molecule has 1 aromatic carbocycles. The predicted molar refractivity (Wildman–Crippen MR) is 81.3 cm³/mol. The lowest BCUT2D eigenvalue weighted by Crippen LogP contribution is -2.42. The van der Waals surface area contributed by atoms with E-state index in [9.17, 15) is 9.59 Å². The number of anilines is 1. The maximum atomic E-state index is 12.0. The number of rotatable bonds is 3. The van der Waals surface area contributed by atoms with Crippen LogP contribution in [0.2, 0.25) is 0 Å². The molecule has 0 saturated heterocycles. The van der Waals surface area contributed by atoms with E-state index in [0.717, 1.165) is 24.8 Å². The number of benzene rings is 1. The van der Waals surface area contributed by atoms with Crippen LogP contribution >= 0.6 is 0 Å². The van der Waals surface area contributed by atoms with E-state index in [1.54, 1.807) is 6.07 Å². The molecule has 5 nitrogen and oxygen atoms in total. The Kier molecular flexibility index (Phi) is 4.83. The Labute approximate surface area is 125 Å². The third-order valence-corrected chi connectivity index (χ3v) is 3.99. The van der Waals surface area contributed by atoms with Gasteiger partial charge < -0.3 is 15.4 Å². The topological polar surface area (TPSA) is 67.4 Å². The van der Waals surface area contributed by atoms with Crippen LogP contribution in [0.4, 0.5) is 5.69 Å². The molecule has 0 spiro atoms.